The molecule has 0 aliphatic heterocycles. The lowest BCUT2D eigenvalue weighted by atomic mass is 9.74. The lowest BCUT2D eigenvalue weighted by molar-refractivity contribution is -0.144. The molecule has 18 heavy (non-hydrogen) atoms. The number of carbonyl (C=O) groups is 2. The van der Waals surface area contributed by atoms with Crippen molar-refractivity contribution in [2.75, 3.05) is 6.54 Å². The Kier molecular flexibility index (Phi) is 4.62. The maximum Gasteiger partial charge on any atom is 0.405 e. The van der Waals surface area contributed by atoms with Crippen molar-refractivity contribution in [1.29, 1.82) is 0 Å². The van der Waals surface area contributed by atoms with Crippen LogP contribution in [0.25, 0.3) is 0 Å². The number of hydrogen-bond donors (Lipinski definition) is 3. The van der Waals surface area contributed by atoms with Crippen molar-refractivity contribution in [2.24, 2.45) is 5.41 Å². The first-order valence-electron chi connectivity index (χ1n) is 5.16. The van der Waals surface area contributed by atoms with Crippen LogP contribution in [-0.4, -0.2) is 35.4 Å². The van der Waals surface area contributed by atoms with Gasteiger partial charge >= 0.3 is 12.3 Å². The quantitative estimate of drug-likeness (QED) is 0.731. The Hall–Kier alpha value is -1.47. The third kappa shape index (κ3) is 4.42. The van der Waals surface area contributed by atoms with Crippen LogP contribution >= 0.6 is 0 Å². The van der Waals surface area contributed by atoms with Crippen LogP contribution in [0.1, 0.15) is 27.7 Å². The molecule has 0 heterocycles. The SMILES string of the molecule is CC(C)(C)C(C)(NC(=O)O)C(=O)NCC(F)(F)F. The van der Waals surface area contributed by atoms with Gasteiger partial charge in [0.25, 0.3) is 0 Å². The second kappa shape index (κ2) is 5.03. The lowest BCUT2D eigenvalue weighted by Crippen LogP contribution is -2.64. The number of halogens is 3. The zero-order valence-corrected chi connectivity index (χ0v) is 10.6. The molecule has 3 N–H and O–H groups in total. The fourth-order valence-corrected chi connectivity index (χ4v) is 1.16. The molecule has 0 radical (unpaired) electrons. The number of carbonyl (C=O) groups excluding carboxylic acids is 1. The zero-order valence-electron chi connectivity index (χ0n) is 10.6. The monoisotopic (exact) mass is 270 g/mol. The highest BCUT2D eigenvalue weighted by Gasteiger charge is 2.46. The van der Waals surface area contributed by atoms with Crippen molar-refractivity contribution in [1.82, 2.24) is 10.6 Å². The molecule has 0 spiro atoms. The number of hydrogen-bond acceptors (Lipinski definition) is 2. The minimum atomic E-state index is -4.54. The topological polar surface area (TPSA) is 78.4 Å². The predicted octanol–water partition coefficient (Wildman–Crippen LogP) is 1.74. The van der Waals surface area contributed by atoms with Gasteiger partial charge in [0, 0.05) is 0 Å². The van der Waals surface area contributed by atoms with Crippen molar-refractivity contribution in [3.8, 4) is 0 Å². The molecule has 5 nitrogen and oxygen atoms in total. The molecule has 0 rings (SSSR count). The minimum Gasteiger partial charge on any atom is -0.465 e. The van der Waals surface area contributed by atoms with Gasteiger partial charge in [-0.1, -0.05) is 20.8 Å². The van der Waals surface area contributed by atoms with Crippen molar-refractivity contribution in [2.45, 2.75) is 39.4 Å². The van der Waals surface area contributed by atoms with Crippen molar-refractivity contribution in [3.63, 3.8) is 0 Å². The van der Waals surface area contributed by atoms with Crippen molar-refractivity contribution < 1.29 is 27.9 Å². The van der Waals surface area contributed by atoms with Crippen LogP contribution in [0.2, 0.25) is 0 Å². The second-order valence-electron chi connectivity index (χ2n) is 5.10. The normalized spacial score (nSPS) is 15.7. The van der Waals surface area contributed by atoms with Gasteiger partial charge in [0.05, 0.1) is 0 Å². The largest absolute Gasteiger partial charge is 0.465 e. The first-order valence-corrected chi connectivity index (χ1v) is 5.16. The van der Waals surface area contributed by atoms with E-state index in [1.165, 1.54) is 6.92 Å². The van der Waals surface area contributed by atoms with Crippen molar-refractivity contribution in [3.05, 3.63) is 0 Å². The summed E-state index contributed by atoms with van der Waals surface area (Å²) >= 11 is 0. The molecular weight excluding hydrogens is 253 g/mol. The van der Waals surface area contributed by atoms with Gasteiger partial charge in [-0.2, -0.15) is 13.2 Å². The molecule has 8 heteroatoms. The summed E-state index contributed by atoms with van der Waals surface area (Å²) in [5.41, 5.74) is -2.55. The van der Waals surface area contributed by atoms with Crippen LogP contribution in [0.4, 0.5) is 18.0 Å². The van der Waals surface area contributed by atoms with Crippen LogP contribution in [-0.2, 0) is 4.79 Å². The fraction of sp³-hybridized carbons (Fsp3) is 0.800. The molecule has 106 valence electrons. The lowest BCUT2D eigenvalue weighted by Gasteiger charge is -2.40. The summed E-state index contributed by atoms with van der Waals surface area (Å²) in [5.74, 6) is -1.02. The van der Waals surface area contributed by atoms with Gasteiger partial charge in [-0.05, 0) is 12.3 Å². The number of alkyl halides is 3. The maximum absolute atomic E-state index is 12.0. The van der Waals surface area contributed by atoms with Crippen LogP contribution in [0.3, 0.4) is 0 Å². The Bertz CT molecular complexity index is 336. The first-order chi connectivity index (χ1) is 7.79. The summed E-state index contributed by atoms with van der Waals surface area (Å²) in [7, 11) is 0. The average molecular weight is 270 g/mol. The third-order valence-electron chi connectivity index (χ3n) is 2.76. The Balaban J connectivity index is 5.00. The molecule has 0 saturated heterocycles. The van der Waals surface area contributed by atoms with E-state index in [0.29, 0.717) is 0 Å². The van der Waals surface area contributed by atoms with E-state index < -0.39 is 35.7 Å². The van der Waals surface area contributed by atoms with E-state index in [-0.39, 0.29) is 0 Å². The van der Waals surface area contributed by atoms with Crippen LogP contribution in [0.15, 0.2) is 0 Å². The van der Waals surface area contributed by atoms with Gasteiger partial charge in [-0.15, -0.1) is 0 Å². The predicted molar refractivity (Wildman–Crippen MR) is 58.1 cm³/mol. The molecule has 0 fully saturated rings. The maximum atomic E-state index is 12.0. The van der Waals surface area contributed by atoms with Gasteiger partial charge in [0.1, 0.15) is 12.1 Å². The molecule has 1 unspecified atom stereocenters. The summed E-state index contributed by atoms with van der Waals surface area (Å²) in [5, 5.41) is 12.3. The molecule has 2 amide bonds. The summed E-state index contributed by atoms with van der Waals surface area (Å²) in [6.45, 7) is 4.40. The number of amides is 2. The van der Waals surface area contributed by atoms with E-state index >= 15 is 0 Å². The molecule has 0 aliphatic carbocycles. The van der Waals surface area contributed by atoms with Crippen LogP contribution < -0.4 is 10.6 Å². The Labute approximate surface area is 103 Å². The van der Waals surface area contributed by atoms with E-state index in [1.54, 1.807) is 26.1 Å². The third-order valence-corrected chi connectivity index (χ3v) is 2.76. The van der Waals surface area contributed by atoms with E-state index in [4.69, 9.17) is 5.11 Å². The van der Waals surface area contributed by atoms with Crippen LogP contribution in [0, 0.1) is 5.41 Å². The number of rotatable bonds is 3. The minimum absolute atomic E-state index is 0.888. The standard InChI is InChI=1S/C10H17F3N2O3/c1-8(2,3)9(4,15-7(17)18)6(16)14-5-10(11,12)13/h15H,5H2,1-4H3,(H,14,16)(H,17,18). The molecule has 0 aliphatic rings. The molecule has 0 aromatic heterocycles. The van der Waals surface area contributed by atoms with Gasteiger partial charge in [0.15, 0.2) is 0 Å². The molecule has 0 saturated carbocycles. The molecule has 0 bridgehead atoms. The van der Waals surface area contributed by atoms with Crippen LogP contribution in [0.5, 0.6) is 0 Å². The average Bonchev–Trinajstić information content (AvgIpc) is 2.09. The molecule has 0 aromatic rings. The van der Waals surface area contributed by atoms with E-state index in [0.717, 1.165) is 0 Å². The highest BCUT2D eigenvalue weighted by molar-refractivity contribution is 5.90. The number of carboxylic acid groups (broad SMARTS) is 1. The summed E-state index contributed by atoms with van der Waals surface area (Å²) in [6, 6.07) is 0. The Morgan fingerprint density at radius 1 is 1.11 bits per heavy atom. The van der Waals surface area contributed by atoms with Crippen molar-refractivity contribution >= 4 is 12.0 Å². The van der Waals surface area contributed by atoms with E-state index in [9.17, 15) is 22.8 Å². The Morgan fingerprint density at radius 2 is 1.56 bits per heavy atom. The highest BCUT2D eigenvalue weighted by atomic mass is 19.4. The zero-order chi connectivity index (χ0) is 14.8. The Morgan fingerprint density at radius 3 is 1.83 bits per heavy atom. The van der Waals surface area contributed by atoms with E-state index in [2.05, 4.69) is 0 Å². The van der Waals surface area contributed by atoms with Gasteiger partial charge in [0.2, 0.25) is 5.91 Å². The number of nitrogens with one attached hydrogen (secondary N) is 2. The molecule has 0 aromatic carbocycles. The first kappa shape index (κ1) is 16.5. The second-order valence-corrected chi connectivity index (χ2v) is 5.10. The van der Waals surface area contributed by atoms with Gasteiger partial charge < -0.3 is 15.7 Å². The highest BCUT2D eigenvalue weighted by Crippen LogP contribution is 2.30. The summed E-state index contributed by atoms with van der Waals surface area (Å²) in [4.78, 5) is 22.4. The van der Waals surface area contributed by atoms with Gasteiger partial charge in [-0.3, -0.25) is 4.79 Å². The molecule has 1 atom stereocenters. The fourth-order valence-electron chi connectivity index (χ4n) is 1.16. The van der Waals surface area contributed by atoms with E-state index in [1.807, 2.05) is 5.32 Å². The summed E-state index contributed by atoms with van der Waals surface area (Å²) < 4.78 is 36.0. The molecular formula is C10H17F3N2O3. The summed E-state index contributed by atoms with van der Waals surface area (Å²) in [6.07, 6.45) is -6.02. The van der Waals surface area contributed by atoms with Gasteiger partial charge in [-0.25, -0.2) is 4.79 Å². The smallest absolute Gasteiger partial charge is 0.405 e.